The summed E-state index contributed by atoms with van der Waals surface area (Å²) < 4.78 is 1.74. The van der Waals surface area contributed by atoms with Crippen molar-refractivity contribution in [2.24, 2.45) is 13.0 Å². The summed E-state index contributed by atoms with van der Waals surface area (Å²) in [5.74, 6) is -0.575. The summed E-state index contributed by atoms with van der Waals surface area (Å²) >= 11 is 0. The molecule has 4 rings (SSSR count). The SMILES string of the molecule is Cn1cc(-c2cnc3cnc(NC(=O)C4CCN(CC(=O)O)CC4)cc3c2)cn1. The first kappa shape index (κ1) is 19.0. The molecule has 3 aromatic rings. The zero-order valence-corrected chi connectivity index (χ0v) is 16.1. The van der Waals surface area contributed by atoms with Crippen molar-refractivity contribution >= 4 is 28.6 Å². The van der Waals surface area contributed by atoms with Crippen molar-refractivity contribution in [3.05, 3.63) is 36.9 Å². The lowest BCUT2D eigenvalue weighted by Gasteiger charge is -2.29. The zero-order chi connectivity index (χ0) is 20.4. The number of hydrogen-bond donors (Lipinski definition) is 2. The standard InChI is InChI=1S/C20H22N6O3/c1-25-11-16(9-23-25)15-6-14-7-18(22-10-17(14)21-8-15)24-20(29)13-2-4-26(5-3-13)12-19(27)28/h6-11,13H,2-5,12H2,1H3,(H,27,28)(H,22,24,29). The number of piperidine rings is 1. The molecule has 1 aliphatic heterocycles. The van der Waals surface area contributed by atoms with Crippen LogP contribution in [0.3, 0.4) is 0 Å². The number of aromatic nitrogens is 4. The van der Waals surface area contributed by atoms with Gasteiger partial charge in [0.2, 0.25) is 5.91 Å². The van der Waals surface area contributed by atoms with Gasteiger partial charge in [0.25, 0.3) is 0 Å². The van der Waals surface area contributed by atoms with Crippen molar-refractivity contribution in [2.45, 2.75) is 12.8 Å². The highest BCUT2D eigenvalue weighted by Crippen LogP contribution is 2.24. The smallest absolute Gasteiger partial charge is 0.317 e. The van der Waals surface area contributed by atoms with Crippen LogP contribution in [0.15, 0.2) is 36.9 Å². The van der Waals surface area contributed by atoms with E-state index in [1.807, 2.05) is 30.3 Å². The molecule has 0 unspecified atom stereocenters. The van der Waals surface area contributed by atoms with Crippen LogP contribution in [0.4, 0.5) is 5.82 Å². The number of carbonyl (C=O) groups excluding carboxylic acids is 1. The van der Waals surface area contributed by atoms with Crippen LogP contribution in [0.5, 0.6) is 0 Å². The molecule has 0 aromatic carbocycles. The minimum atomic E-state index is -0.840. The molecule has 0 spiro atoms. The second-order valence-electron chi connectivity index (χ2n) is 7.32. The number of anilines is 1. The molecule has 0 bridgehead atoms. The van der Waals surface area contributed by atoms with Crippen LogP contribution in [0.2, 0.25) is 0 Å². The number of carbonyl (C=O) groups is 2. The Balaban J connectivity index is 1.45. The van der Waals surface area contributed by atoms with Gasteiger partial charge in [-0.05, 0) is 38.1 Å². The summed E-state index contributed by atoms with van der Waals surface area (Å²) in [6, 6.07) is 3.82. The summed E-state index contributed by atoms with van der Waals surface area (Å²) in [6.45, 7) is 1.23. The Kier molecular flexibility index (Phi) is 5.22. The van der Waals surface area contributed by atoms with E-state index in [4.69, 9.17) is 5.11 Å². The van der Waals surface area contributed by atoms with Crippen molar-refractivity contribution in [1.29, 1.82) is 0 Å². The highest BCUT2D eigenvalue weighted by molar-refractivity contribution is 5.94. The van der Waals surface area contributed by atoms with Crippen LogP contribution < -0.4 is 5.32 Å². The first-order valence-electron chi connectivity index (χ1n) is 9.48. The number of amides is 1. The van der Waals surface area contributed by atoms with Gasteiger partial charge in [0, 0.05) is 41.9 Å². The predicted octanol–water partition coefficient (Wildman–Crippen LogP) is 1.77. The maximum atomic E-state index is 12.6. The molecule has 1 aliphatic rings. The third kappa shape index (κ3) is 4.40. The zero-order valence-electron chi connectivity index (χ0n) is 16.1. The molecule has 29 heavy (non-hydrogen) atoms. The molecule has 9 heteroatoms. The first-order chi connectivity index (χ1) is 14.0. The van der Waals surface area contributed by atoms with Crippen molar-refractivity contribution in [3.8, 4) is 11.1 Å². The van der Waals surface area contributed by atoms with Crippen LogP contribution in [0, 0.1) is 5.92 Å². The van der Waals surface area contributed by atoms with Crippen LogP contribution in [-0.2, 0) is 16.6 Å². The Bertz CT molecular complexity index is 1060. The van der Waals surface area contributed by atoms with Gasteiger partial charge in [-0.3, -0.25) is 24.2 Å². The van der Waals surface area contributed by atoms with Gasteiger partial charge in [-0.25, -0.2) is 4.98 Å². The Morgan fingerprint density at radius 3 is 2.62 bits per heavy atom. The Labute approximate surface area is 167 Å². The molecule has 2 N–H and O–H groups in total. The van der Waals surface area contributed by atoms with Crippen LogP contribution in [0.1, 0.15) is 12.8 Å². The molecular weight excluding hydrogens is 372 g/mol. The van der Waals surface area contributed by atoms with Crippen molar-refractivity contribution in [3.63, 3.8) is 0 Å². The van der Waals surface area contributed by atoms with Gasteiger partial charge in [-0.1, -0.05) is 0 Å². The molecule has 0 saturated carbocycles. The van der Waals surface area contributed by atoms with Gasteiger partial charge in [-0.2, -0.15) is 5.10 Å². The highest BCUT2D eigenvalue weighted by Gasteiger charge is 2.26. The molecule has 0 atom stereocenters. The summed E-state index contributed by atoms with van der Waals surface area (Å²) in [7, 11) is 1.86. The third-order valence-electron chi connectivity index (χ3n) is 5.17. The molecule has 0 aliphatic carbocycles. The molecule has 0 radical (unpaired) electrons. The minimum absolute atomic E-state index is 0.0207. The summed E-state index contributed by atoms with van der Waals surface area (Å²) in [5.41, 5.74) is 2.66. The number of fused-ring (bicyclic) bond motifs is 1. The molecular formula is C20H22N6O3. The number of carboxylic acids is 1. The van der Waals surface area contributed by atoms with Crippen LogP contribution >= 0.6 is 0 Å². The number of likely N-dealkylation sites (tertiary alicyclic amines) is 1. The maximum Gasteiger partial charge on any atom is 0.317 e. The van der Waals surface area contributed by atoms with E-state index in [-0.39, 0.29) is 18.4 Å². The van der Waals surface area contributed by atoms with E-state index in [1.165, 1.54) is 0 Å². The quantitative estimate of drug-likeness (QED) is 0.678. The molecule has 4 heterocycles. The van der Waals surface area contributed by atoms with E-state index >= 15 is 0 Å². The summed E-state index contributed by atoms with van der Waals surface area (Å²) in [4.78, 5) is 34.0. The average Bonchev–Trinajstić information content (AvgIpc) is 3.14. The lowest BCUT2D eigenvalue weighted by Crippen LogP contribution is -2.40. The van der Waals surface area contributed by atoms with Crippen LogP contribution in [0.25, 0.3) is 22.0 Å². The summed E-state index contributed by atoms with van der Waals surface area (Å²) in [6.07, 6.45) is 8.41. The molecule has 1 fully saturated rings. The topological polar surface area (TPSA) is 113 Å². The second-order valence-corrected chi connectivity index (χ2v) is 7.32. The van der Waals surface area contributed by atoms with Gasteiger partial charge >= 0.3 is 5.97 Å². The van der Waals surface area contributed by atoms with E-state index in [0.29, 0.717) is 31.7 Å². The molecule has 9 nitrogen and oxygen atoms in total. The van der Waals surface area contributed by atoms with E-state index in [2.05, 4.69) is 20.4 Å². The van der Waals surface area contributed by atoms with E-state index in [9.17, 15) is 9.59 Å². The number of pyridine rings is 2. The number of carboxylic acid groups (broad SMARTS) is 1. The third-order valence-corrected chi connectivity index (χ3v) is 5.17. The van der Waals surface area contributed by atoms with E-state index in [1.54, 1.807) is 23.3 Å². The number of nitrogens with zero attached hydrogens (tertiary/aromatic N) is 5. The highest BCUT2D eigenvalue weighted by atomic mass is 16.4. The Morgan fingerprint density at radius 1 is 1.14 bits per heavy atom. The number of hydrogen-bond acceptors (Lipinski definition) is 6. The number of aryl methyl sites for hydroxylation is 1. The molecule has 1 saturated heterocycles. The summed E-state index contributed by atoms with van der Waals surface area (Å²) in [5, 5.41) is 16.8. The fourth-order valence-corrected chi connectivity index (χ4v) is 3.60. The second kappa shape index (κ2) is 7.96. The van der Waals surface area contributed by atoms with E-state index in [0.717, 1.165) is 22.0 Å². The largest absolute Gasteiger partial charge is 0.480 e. The van der Waals surface area contributed by atoms with Gasteiger partial charge < -0.3 is 10.4 Å². The maximum absolute atomic E-state index is 12.6. The van der Waals surface area contributed by atoms with Gasteiger partial charge in [0.1, 0.15) is 5.82 Å². The number of rotatable bonds is 5. The van der Waals surface area contributed by atoms with Crippen molar-refractivity contribution in [1.82, 2.24) is 24.6 Å². The van der Waals surface area contributed by atoms with Crippen molar-refractivity contribution < 1.29 is 14.7 Å². The predicted molar refractivity (Wildman–Crippen MR) is 107 cm³/mol. The number of nitrogens with one attached hydrogen (secondary N) is 1. The van der Waals surface area contributed by atoms with Gasteiger partial charge in [0.05, 0.1) is 24.5 Å². The molecule has 150 valence electrons. The minimum Gasteiger partial charge on any atom is -0.480 e. The molecule has 3 aromatic heterocycles. The lowest BCUT2D eigenvalue weighted by molar-refractivity contribution is -0.138. The fraction of sp³-hybridized carbons (Fsp3) is 0.350. The fourth-order valence-electron chi connectivity index (χ4n) is 3.60. The lowest BCUT2D eigenvalue weighted by atomic mass is 9.96. The molecule has 1 amide bonds. The normalized spacial score (nSPS) is 15.5. The monoisotopic (exact) mass is 394 g/mol. The van der Waals surface area contributed by atoms with Gasteiger partial charge in [0.15, 0.2) is 0 Å². The van der Waals surface area contributed by atoms with Gasteiger partial charge in [-0.15, -0.1) is 0 Å². The van der Waals surface area contributed by atoms with E-state index < -0.39 is 5.97 Å². The first-order valence-corrected chi connectivity index (χ1v) is 9.48. The Morgan fingerprint density at radius 2 is 1.93 bits per heavy atom. The Hall–Kier alpha value is -3.33. The average molecular weight is 394 g/mol. The van der Waals surface area contributed by atoms with Crippen molar-refractivity contribution in [2.75, 3.05) is 25.0 Å². The number of aliphatic carboxylic acids is 1. The van der Waals surface area contributed by atoms with Crippen LogP contribution in [-0.4, -0.2) is 61.3 Å².